The average molecular weight is 381 g/mol. The molecular formula is C23H32N4O. The maximum Gasteiger partial charge on any atom is 0.225 e. The first kappa shape index (κ1) is 20.3. The van der Waals surface area contributed by atoms with Gasteiger partial charge in [-0.2, -0.15) is 0 Å². The van der Waals surface area contributed by atoms with E-state index in [1.807, 2.05) is 18.7 Å². The van der Waals surface area contributed by atoms with Crippen LogP contribution in [0.25, 0.3) is 11.4 Å². The molecule has 2 heterocycles. The van der Waals surface area contributed by atoms with Crippen LogP contribution in [0.2, 0.25) is 0 Å². The summed E-state index contributed by atoms with van der Waals surface area (Å²) in [5, 5.41) is 0. The number of piperazine rings is 1. The van der Waals surface area contributed by atoms with Crippen LogP contribution in [0.5, 0.6) is 0 Å². The highest BCUT2D eigenvalue weighted by Crippen LogP contribution is 2.31. The van der Waals surface area contributed by atoms with Gasteiger partial charge in [-0.15, -0.1) is 0 Å². The van der Waals surface area contributed by atoms with Gasteiger partial charge in [0.25, 0.3) is 0 Å². The fraction of sp³-hybridized carbons (Fsp3) is 0.522. The molecule has 5 nitrogen and oxygen atoms in total. The Bertz CT molecular complexity index is 834. The van der Waals surface area contributed by atoms with E-state index < -0.39 is 0 Å². The number of rotatable bonds is 4. The lowest BCUT2D eigenvalue weighted by Crippen LogP contribution is -2.50. The third-order valence-electron chi connectivity index (χ3n) is 5.39. The van der Waals surface area contributed by atoms with E-state index in [0.29, 0.717) is 5.92 Å². The van der Waals surface area contributed by atoms with Crippen molar-refractivity contribution in [1.82, 2.24) is 14.9 Å². The van der Waals surface area contributed by atoms with Crippen LogP contribution < -0.4 is 4.90 Å². The summed E-state index contributed by atoms with van der Waals surface area (Å²) in [4.78, 5) is 26.4. The van der Waals surface area contributed by atoms with Gasteiger partial charge in [-0.25, -0.2) is 9.97 Å². The van der Waals surface area contributed by atoms with Crippen LogP contribution in [0.3, 0.4) is 0 Å². The van der Waals surface area contributed by atoms with Crippen molar-refractivity contribution in [3.8, 4) is 11.4 Å². The van der Waals surface area contributed by atoms with E-state index in [1.165, 1.54) is 11.1 Å². The van der Waals surface area contributed by atoms with E-state index in [0.717, 1.165) is 49.1 Å². The fourth-order valence-electron chi connectivity index (χ4n) is 3.82. The van der Waals surface area contributed by atoms with Crippen molar-refractivity contribution in [2.45, 2.75) is 47.5 Å². The van der Waals surface area contributed by atoms with Crippen LogP contribution in [-0.2, 0) is 4.79 Å². The van der Waals surface area contributed by atoms with Crippen LogP contribution >= 0.6 is 0 Å². The third kappa shape index (κ3) is 4.18. The predicted octanol–water partition coefficient (Wildman–Crippen LogP) is 4.19. The molecule has 150 valence electrons. The van der Waals surface area contributed by atoms with E-state index in [9.17, 15) is 4.79 Å². The monoisotopic (exact) mass is 380 g/mol. The lowest BCUT2D eigenvalue weighted by Gasteiger charge is -2.37. The molecule has 2 aromatic rings. The highest BCUT2D eigenvalue weighted by molar-refractivity contribution is 5.78. The first-order chi connectivity index (χ1) is 13.3. The summed E-state index contributed by atoms with van der Waals surface area (Å²) >= 11 is 0. The van der Waals surface area contributed by atoms with Gasteiger partial charge in [-0.3, -0.25) is 4.79 Å². The highest BCUT2D eigenvalue weighted by atomic mass is 16.2. The molecule has 0 radical (unpaired) electrons. The SMILES string of the molecule is Cc1ccc(-c2nc(C)c(C(C)C)c(N3CCN(C(=O)C(C)C)CC3)n2)cc1. The smallest absolute Gasteiger partial charge is 0.225 e. The molecule has 0 saturated carbocycles. The first-order valence-corrected chi connectivity index (χ1v) is 10.3. The van der Waals surface area contributed by atoms with Crippen molar-refractivity contribution in [3.05, 3.63) is 41.1 Å². The Morgan fingerprint density at radius 3 is 2.07 bits per heavy atom. The molecule has 1 aliphatic rings. The molecule has 1 amide bonds. The molecule has 1 fully saturated rings. The van der Waals surface area contributed by atoms with Crippen LogP contribution in [-0.4, -0.2) is 47.0 Å². The molecule has 0 aliphatic carbocycles. The summed E-state index contributed by atoms with van der Waals surface area (Å²) in [6.07, 6.45) is 0. The number of aromatic nitrogens is 2. The van der Waals surface area contributed by atoms with Crippen LogP contribution in [0.4, 0.5) is 5.82 Å². The Morgan fingerprint density at radius 1 is 0.929 bits per heavy atom. The van der Waals surface area contributed by atoms with Crippen LogP contribution in [0, 0.1) is 19.8 Å². The zero-order valence-electron chi connectivity index (χ0n) is 18.0. The molecule has 3 rings (SSSR count). The minimum absolute atomic E-state index is 0.0483. The normalized spacial score (nSPS) is 14.9. The van der Waals surface area contributed by atoms with E-state index in [4.69, 9.17) is 9.97 Å². The number of anilines is 1. The second kappa shape index (κ2) is 8.29. The second-order valence-corrected chi connectivity index (χ2v) is 8.36. The summed E-state index contributed by atoms with van der Waals surface area (Å²) in [5.41, 5.74) is 4.51. The number of aryl methyl sites for hydroxylation is 2. The largest absolute Gasteiger partial charge is 0.353 e. The molecular weight excluding hydrogens is 348 g/mol. The van der Waals surface area contributed by atoms with E-state index in [-0.39, 0.29) is 11.8 Å². The Kier molecular flexibility index (Phi) is 6.01. The number of benzene rings is 1. The summed E-state index contributed by atoms with van der Waals surface area (Å²) in [6.45, 7) is 15.6. The van der Waals surface area contributed by atoms with Crippen LogP contribution in [0.1, 0.15) is 50.4 Å². The van der Waals surface area contributed by atoms with Gasteiger partial charge in [0.15, 0.2) is 5.82 Å². The van der Waals surface area contributed by atoms with Gasteiger partial charge in [0.2, 0.25) is 5.91 Å². The van der Waals surface area contributed by atoms with Crippen molar-refractivity contribution in [3.63, 3.8) is 0 Å². The lowest BCUT2D eigenvalue weighted by atomic mass is 10.0. The fourth-order valence-corrected chi connectivity index (χ4v) is 3.82. The van der Waals surface area contributed by atoms with Gasteiger partial charge in [0, 0.05) is 48.9 Å². The second-order valence-electron chi connectivity index (χ2n) is 8.36. The zero-order valence-corrected chi connectivity index (χ0v) is 18.0. The van der Waals surface area contributed by atoms with Crippen molar-refractivity contribution >= 4 is 11.7 Å². The topological polar surface area (TPSA) is 49.3 Å². The molecule has 1 aromatic heterocycles. The Labute approximate surface area is 168 Å². The average Bonchev–Trinajstić information content (AvgIpc) is 2.67. The van der Waals surface area contributed by atoms with Gasteiger partial charge in [-0.1, -0.05) is 57.5 Å². The summed E-state index contributed by atoms with van der Waals surface area (Å²) in [6, 6.07) is 8.37. The molecule has 0 N–H and O–H groups in total. The van der Waals surface area contributed by atoms with Gasteiger partial charge < -0.3 is 9.80 Å². The molecule has 28 heavy (non-hydrogen) atoms. The summed E-state index contributed by atoms with van der Waals surface area (Å²) in [7, 11) is 0. The molecule has 0 bridgehead atoms. The molecule has 0 spiro atoms. The number of amides is 1. The Morgan fingerprint density at radius 2 is 1.54 bits per heavy atom. The maximum absolute atomic E-state index is 12.3. The number of hydrogen-bond acceptors (Lipinski definition) is 4. The number of hydrogen-bond donors (Lipinski definition) is 0. The van der Waals surface area contributed by atoms with Gasteiger partial charge in [0.1, 0.15) is 5.82 Å². The van der Waals surface area contributed by atoms with E-state index in [1.54, 1.807) is 0 Å². The summed E-state index contributed by atoms with van der Waals surface area (Å²) in [5.74, 6) is 2.43. The molecule has 5 heteroatoms. The minimum Gasteiger partial charge on any atom is -0.353 e. The highest BCUT2D eigenvalue weighted by Gasteiger charge is 2.26. The van der Waals surface area contributed by atoms with Crippen molar-refractivity contribution in [2.24, 2.45) is 5.92 Å². The number of carbonyl (C=O) groups is 1. The maximum atomic E-state index is 12.3. The van der Waals surface area contributed by atoms with Gasteiger partial charge in [0.05, 0.1) is 0 Å². The zero-order chi connectivity index (χ0) is 20.4. The third-order valence-corrected chi connectivity index (χ3v) is 5.39. The molecule has 1 aliphatic heterocycles. The van der Waals surface area contributed by atoms with Crippen molar-refractivity contribution in [2.75, 3.05) is 31.1 Å². The minimum atomic E-state index is 0.0483. The van der Waals surface area contributed by atoms with Crippen molar-refractivity contribution < 1.29 is 4.79 Å². The van der Waals surface area contributed by atoms with Crippen molar-refractivity contribution in [1.29, 1.82) is 0 Å². The van der Waals surface area contributed by atoms with E-state index >= 15 is 0 Å². The Balaban J connectivity index is 1.93. The first-order valence-electron chi connectivity index (χ1n) is 10.3. The van der Waals surface area contributed by atoms with Gasteiger partial charge in [-0.05, 0) is 19.8 Å². The van der Waals surface area contributed by atoms with E-state index in [2.05, 4.69) is 56.9 Å². The summed E-state index contributed by atoms with van der Waals surface area (Å²) < 4.78 is 0. The lowest BCUT2D eigenvalue weighted by molar-refractivity contribution is -0.134. The Hall–Kier alpha value is -2.43. The molecule has 0 unspecified atom stereocenters. The number of nitrogens with zero attached hydrogens (tertiary/aromatic N) is 4. The standard InChI is InChI=1S/C23H32N4O/c1-15(2)20-18(6)24-21(19-9-7-17(5)8-10-19)25-22(20)26-11-13-27(14-12-26)23(28)16(3)4/h7-10,15-16H,11-14H2,1-6H3. The molecule has 1 aromatic carbocycles. The van der Waals surface area contributed by atoms with Gasteiger partial charge >= 0.3 is 0 Å². The predicted molar refractivity (Wildman–Crippen MR) is 115 cm³/mol. The van der Waals surface area contributed by atoms with Crippen LogP contribution in [0.15, 0.2) is 24.3 Å². The molecule has 0 atom stereocenters. The number of carbonyl (C=O) groups excluding carboxylic acids is 1. The quantitative estimate of drug-likeness (QED) is 0.798. The molecule has 1 saturated heterocycles.